The Kier molecular flexibility index (Phi) is 13.9. The molecule has 0 aliphatic rings. The van der Waals surface area contributed by atoms with Crippen LogP contribution in [0.5, 0.6) is 0 Å². The average molecular weight is 248 g/mol. The second kappa shape index (κ2) is 12.9. The standard InChI is InChI=1S/C6H10O4.C5H14N2/c7-5(8)3-1-2-4-6(9)10;1-7(2)5-3-4-6/h1-4H2,(H,7,8)(H,9,10);3-6H2,1-2H3. The molecule has 0 aromatic heterocycles. The van der Waals surface area contributed by atoms with Crippen molar-refractivity contribution in [1.29, 1.82) is 0 Å². The molecule has 0 aliphatic carbocycles. The third kappa shape index (κ3) is 25.3. The molecular formula is C11H24N2O4. The molecule has 0 heterocycles. The number of hydrogen-bond acceptors (Lipinski definition) is 4. The topological polar surface area (TPSA) is 104 Å². The third-order valence-corrected chi connectivity index (χ3v) is 1.84. The first-order valence-corrected chi connectivity index (χ1v) is 5.68. The van der Waals surface area contributed by atoms with Crippen molar-refractivity contribution in [1.82, 2.24) is 4.90 Å². The first-order chi connectivity index (χ1) is 7.90. The normalized spacial score (nSPS) is 9.65. The summed E-state index contributed by atoms with van der Waals surface area (Å²) in [5.41, 5.74) is 5.25. The summed E-state index contributed by atoms with van der Waals surface area (Å²) in [6, 6.07) is 0. The van der Waals surface area contributed by atoms with Crippen LogP contribution in [0.4, 0.5) is 0 Å². The van der Waals surface area contributed by atoms with Crippen LogP contribution < -0.4 is 5.73 Å². The van der Waals surface area contributed by atoms with Gasteiger partial charge < -0.3 is 20.8 Å². The molecule has 6 nitrogen and oxygen atoms in total. The van der Waals surface area contributed by atoms with Gasteiger partial charge in [0.2, 0.25) is 0 Å². The smallest absolute Gasteiger partial charge is 0.303 e. The maximum Gasteiger partial charge on any atom is 0.303 e. The van der Waals surface area contributed by atoms with E-state index in [0.717, 1.165) is 19.5 Å². The number of carboxylic acid groups (broad SMARTS) is 2. The number of hydrogen-bond donors (Lipinski definition) is 3. The van der Waals surface area contributed by atoms with E-state index in [4.69, 9.17) is 15.9 Å². The van der Waals surface area contributed by atoms with Crippen LogP contribution in [0.25, 0.3) is 0 Å². The highest BCUT2D eigenvalue weighted by atomic mass is 16.4. The highest BCUT2D eigenvalue weighted by Gasteiger charge is 1.99. The van der Waals surface area contributed by atoms with Crippen LogP contribution in [0.3, 0.4) is 0 Å². The minimum absolute atomic E-state index is 0.0628. The molecule has 0 aromatic rings. The van der Waals surface area contributed by atoms with E-state index in [-0.39, 0.29) is 12.8 Å². The zero-order valence-electron chi connectivity index (χ0n) is 10.7. The van der Waals surface area contributed by atoms with Crippen molar-refractivity contribution in [2.75, 3.05) is 27.2 Å². The van der Waals surface area contributed by atoms with Gasteiger partial charge in [-0.15, -0.1) is 0 Å². The maximum absolute atomic E-state index is 9.90. The van der Waals surface area contributed by atoms with Crippen molar-refractivity contribution < 1.29 is 19.8 Å². The zero-order valence-corrected chi connectivity index (χ0v) is 10.7. The fourth-order valence-electron chi connectivity index (χ4n) is 0.960. The molecule has 0 aliphatic heterocycles. The van der Waals surface area contributed by atoms with Gasteiger partial charge in [-0.25, -0.2) is 0 Å². The molecule has 0 spiro atoms. The van der Waals surface area contributed by atoms with E-state index < -0.39 is 11.9 Å². The van der Waals surface area contributed by atoms with Crippen molar-refractivity contribution in [3.8, 4) is 0 Å². The number of nitrogens with two attached hydrogens (primary N) is 1. The Bertz CT molecular complexity index is 192. The molecule has 0 aromatic carbocycles. The molecule has 0 saturated carbocycles. The molecule has 0 unspecified atom stereocenters. The number of nitrogens with zero attached hydrogens (tertiary/aromatic N) is 1. The van der Waals surface area contributed by atoms with E-state index in [2.05, 4.69) is 19.0 Å². The Morgan fingerprint density at radius 1 is 1.00 bits per heavy atom. The molecule has 102 valence electrons. The average Bonchev–Trinajstić information content (AvgIpc) is 2.22. The van der Waals surface area contributed by atoms with Crippen LogP contribution in [0, 0.1) is 0 Å². The largest absolute Gasteiger partial charge is 0.481 e. The van der Waals surface area contributed by atoms with E-state index >= 15 is 0 Å². The minimum Gasteiger partial charge on any atom is -0.481 e. The number of carboxylic acids is 2. The summed E-state index contributed by atoms with van der Waals surface area (Å²) in [5.74, 6) is -1.74. The van der Waals surface area contributed by atoms with Crippen molar-refractivity contribution in [3.63, 3.8) is 0 Å². The predicted molar refractivity (Wildman–Crippen MR) is 66.0 cm³/mol. The molecule has 0 radical (unpaired) electrons. The van der Waals surface area contributed by atoms with Crippen LogP contribution in [-0.4, -0.2) is 54.2 Å². The van der Waals surface area contributed by atoms with E-state index in [1.807, 2.05) is 0 Å². The summed E-state index contributed by atoms with van der Waals surface area (Å²) in [6.45, 7) is 1.91. The lowest BCUT2D eigenvalue weighted by atomic mass is 10.2. The Labute approximate surface area is 102 Å². The van der Waals surface area contributed by atoms with Crippen molar-refractivity contribution >= 4 is 11.9 Å². The van der Waals surface area contributed by atoms with Gasteiger partial charge in [0.15, 0.2) is 0 Å². The van der Waals surface area contributed by atoms with Gasteiger partial charge in [-0.2, -0.15) is 0 Å². The first kappa shape index (κ1) is 18.2. The van der Waals surface area contributed by atoms with E-state index in [1.165, 1.54) is 0 Å². The fraction of sp³-hybridized carbons (Fsp3) is 0.818. The lowest BCUT2D eigenvalue weighted by molar-refractivity contribution is -0.139. The molecule has 0 atom stereocenters. The summed E-state index contributed by atoms with van der Waals surface area (Å²) < 4.78 is 0. The van der Waals surface area contributed by atoms with Crippen LogP contribution in [0.15, 0.2) is 0 Å². The Hall–Kier alpha value is -1.14. The van der Waals surface area contributed by atoms with Crippen molar-refractivity contribution in [3.05, 3.63) is 0 Å². The lowest BCUT2D eigenvalue weighted by Gasteiger charge is -2.05. The van der Waals surface area contributed by atoms with Gasteiger partial charge in [-0.1, -0.05) is 0 Å². The van der Waals surface area contributed by atoms with E-state index in [0.29, 0.717) is 12.8 Å². The summed E-state index contributed by atoms with van der Waals surface area (Å²) >= 11 is 0. The molecule has 0 saturated heterocycles. The third-order valence-electron chi connectivity index (χ3n) is 1.84. The van der Waals surface area contributed by atoms with Gasteiger partial charge in [0, 0.05) is 12.8 Å². The van der Waals surface area contributed by atoms with Crippen molar-refractivity contribution in [2.24, 2.45) is 5.73 Å². The van der Waals surface area contributed by atoms with Gasteiger partial charge in [0.05, 0.1) is 0 Å². The molecular weight excluding hydrogens is 224 g/mol. The number of rotatable bonds is 8. The second-order valence-electron chi connectivity index (χ2n) is 3.94. The number of carbonyl (C=O) groups is 2. The monoisotopic (exact) mass is 248 g/mol. The van der Waals surface area contributed by atoms with Crippen LogP contribution in [0.1, 0.15) is 32.1 Å². The first-order valence-electron chi connectivity index (χ1n) is 5.68. The van der Waals surface area contributed by atoms with Crippen LogP contribution in [0.2, 0.25) is 0 Å². The van der Waals surface area contributed by atoms with E-state index in [9.17, 15) is 9.59 Å². The number of unbranched alkanes of at least 4 members (excludes halogenated alkanes) is 1. The van der Waals surface area contributed by atoms with Gasteiger partial charge in [0.25, 0.3) is 0 Å². The Morgan fingerprint density at radius 3 is 1.59 bits per heavy atom. The molecule has 6 heteroatoms. The van der Waals surface area contributed by atoms with E-state index in [1.54, 1.807) is 0 Å². The van der Waals surface area contributed by atoms with Gasteiger partial charge in [-0.3, -0.25) is 9.59 Å². The quantitative estimate of drug-likeness (QED) is 0.544. The molecule has 0 bridgehead atoms. The lowest BCUT2D eigenvalue weighted by Crippen LogP contribution is -2.16. The molecule has 0 amide bonds. The Balaban J connectivity index is 0. The van der Waals surface area contributed by atoms with Crippen LogP contribution in [-0.2, 0) is 9.59 Å². The Morgan fingerprint density at radius 2 is 1.41 bits per heavy atom. The highest BCUT2D eigenvalue weighted by molar-refractivity contribution is 5.67. The SMILES string of the molecule is CN(C)CCCN.O=C(O)CCCCC(=O)O. The molecule has 0 rings (SSSR count). The summed E-state index contributed by atoms with van der Waals surface area (Å²) in [4.78, 5) is 21.9. The fourth-order valence-corrected chi connectivity index (χ4v) is 0.960. The van der Waals surface area contributed by atoms with Gasteiger partial charge in [-0.05, 0) is 46.4 Å². The number of aliphatic carboxylic acids is 2. The summed E-state index contributed by atoms with van der Waals surface area (Å²) in [6.07, 6.45) is 2.12. The van der Waals surface area contributed by atoms with Crippen molar-refractivity contribution in [2.45, 2.75) is 32.1 Å². The summed E-state index contributed by atoms with van der Waals surface area (Å²) in [5, 5.41) is 16.3. The van der Waals surface area contributed by atoms with Gasteiger partial charge in [0.1, 0.15) is 0 Å². The highest BCUT2D eigenvalue weighted by Crippen LogP contribution is 1.98. The van der Waals surface area contributed by atoms with Gasteiger partial charge >= 0.3 is 11.9 Å². The molecule has 4 N–H and O–H groups in total. The zero-order chi connectivity index (χ0) is 13.7. The predicted octanol–water partition coefficient (Wildman–Crippen LogP) is 0.613. The second-order valence-corrected chi connectivity index (χ2v) is 3.94. The summed E-state index contributed by atoms with van der Waals surface area (Å²) in [7, 11) is 4.10. The molecule has 17 heavy (non-hydrogen) atoms. The maximum atomic E-state index is 9.90. The minimum atomic E-state index is -0.870. The van der Waals surface area contributed by atoms with Crippen LogP contribution >= 0.6 is 0 Å². The molecule has 0 fully saturated rings.